The van der Waals surface area contributed by atoms with Crippen molar-refractivity contribution in [1.82, 2.24) is 4.90 Å². The van der Waals surface area contributed by atoms with Gasteiger partial charge in [0.2, 0.25) is 0 Å². The molecule has 0 unspecified atom stereocenters. The van der Waals surface area contributed by atoms with Gasteiger partial charge in [0.1, 0.15) is 17.4 Å². The Hall–Kier alpha value is -4.00. The van der Waals surface area contributed by atoms with Gasteiger partial charge in [-0.3, -0.25) is 4.79 Å². The van der Waals surface area contributed by atoms with Crippen LogP contribution in [0.5, 0.6) is 0 Å². The number of carbonyl (C=O) groups excluding carboxylic acids is 1. The zero-order valence-corrected chi connectivity index (χ0v) is 20.9. The van der Waals surface area contributed by atoms with Crippen LogP contribution in [0.2, 0.25) is 10.0 Å². The SMILES string of the molecule is O=C(O)[C@H](Cc1ccccc1)N(Cc1ccc(-c2cc3ccccc3o2)o1)C(=O)c1ccc(Cl)cc1Cl. The lowest BCUT2D eigenvalue weighted by molar-refractivity contribution is -0.142. The molecular weight excluding hydrogens is 513 g/mol. The summed E-state index contributed by atoms with van der Waals surface area (Å²) in [4.78, 5) is 27.4. The zero-order valence-electron chi connectivity index (χ0n) is 19.4. The predicted octanol–water partition coefficient (Wildman–Crippen LogP) is 7.34. The smallest absolute Gasteiger partial charge is 0.326 e. The summed E-state index contributed by atoms with van der Waals surface area (Å²) in [6.45, 7) is -0.0954. The molecule has 0 saturated heterocycles. The first kappa shape index (κ1) is 24.7. The summed E-state index contributed by atoms with van der Waals surface area (Å²) in [6, 6.07) is 25.3. The highest BCUT2D eigenvalue weighted by atomic mass is 35.5. The van der Waals surface area contributed by atoms with E-state index >= 15 is 0 Å². The minimum absolute atomic E-state index is 0.0954. The molecule has 1 atom stereocenters. The number of fused-ring (bicyclic) bond motifs is 1. The number of aliphatic carboxylic acids is 1. The van der Waals surface area contributed by atoms with Crippen molar-refractivity contribution in [1.29, 1.82) is 0 Å². The van der Waals surface area contributed by atoms with Gasteiger partial charge in [0.05, 0.1) is 17.1 Å². The molecular formula is C29H21Cl2NO5. The van der Waals surface area contributed by atoms with E-state index in [1.165, 1.54) is 17.0 Å². The maximum Gasteiger partial charge on any atom is 0.326 e. The van der Waals surface area contributed by atoms with Crippen LogP contribution in [0.1, 0.15) is 21.7 Å². The van der Waals surface area contributed by atoms with Crippen molar-refractivity contribution >= 4 is 46.0 Å². The molecule has 1 amide bonds. The normalized spacial score (nSPS) is 11.9. The lowest BCUT2D eigenvalue weighted by Crippen LogP contribution is -2.46. The number of nitrogens with zero attached hydrogens (tertiary/aromatic N) is 1. The van der Waals surface area contributed by atoms with Crippen LogP contribution >= 0.6 is 23.2 Å². The highest BCUT2D eigenvalue weighted by Gasteiger charge is 2.32. The number of halogens is 2. The van der Waals surface area contributed by atoms with Gasteiger partial charge in [-0.2, -0.15) is 0 Å². The third-order valence-corrected chi connectivity index (χ3v) is 6.56. The monoisotopic (exact) mass is 533 g/mol. The molecule has 5 aromatic rings. The third-order valence-electron chi connectivity index (χ3n) is 6.01. The van der Waals surface area contributed by atoms with Crippen molar-refractivity contribution in [2.24, 2.45) is 0 Å². The molecule has 37 heavy (non-hydrogen) atoms. The fourth-order valence-electron chi connectivity index (χ4n) is 4.18. The first-order valence-corrected chi connectivity index (χ1v) is 12.2. The van der Waals surface area contributed by atoms with E-state index in [0.717, 1.165) is 16.5 Å². The van der Waals surface area contributed by atoms with Crippen molar-refractivity contribution in [3.8, 4) is 11.5 Å². The molecule has 3 aromatic carbocycles. The van der Waals surface area contributed by atoms with Crippen molar-refractivity contribution in [3.05, 3.63) is 118 Å². The molecule has 0 saturated carbocycles. The molecule has 2 heterocycles. The minimum atomic E-state index is -1.18. The largest absolute Gasteiger partial charge is 0.480 e. The molecule has 0 aliphatic rings. The third kappa shape index (κ3) is 5.40. The quantitative estimate of drug-likeness (QED) is 0.225. The summed E-state index contributed by atoms with van der Waals surface area (Å²) < 4.78 is 11.9. The Morgan fingerprint density at radius 3 is 2.32 bits per heavy atom. The number of carboxylic acids is 1. The molecule has 0 aliphatic heterocycles. The first-order valence-electron chi connectivity index (χ1n) is 11.5. The second kappa shape index (κ2) is 10.5. The van der Waals surface area contributed by atoms with Crippen LogP contribution in [0.3, 0.4) is 0 Å². The number of amides is 1. The van der Waals surface area contributed by atoms with Gasteiger partial charge in [-0.25, -0.2) is 4.79 Å². The Morgan fingerprint density at radius 2 is 1.59 bits per heavy atom. The van der Waals surface area contributed by atoms with Gasteiger partial charge in [-0.15, -0.1) is 0 Å². The van der Waals surface area contributed by atoms with Crippen molar-refractivity contribution < 1.29 is 23.5 Å². The number of carboxylic acid groups (broad SMARTS) is 1. The molecule has 5 rings (SSSR count). The van der Waals surface area contributed by atoms with Crippen LogP contribution in [0, 0.1) is 0 Å². The number of hydrogen-bond acceptors (Lipinski definition) is 4. The molecule has 0 fully saturated rings. The van der Waals surface area contributed by atoms with Gasteiger partial charge in [-0.1, -0.05) is 71.7 Å². The Labute approximate surface area is 222 Å². The lowest BCUT2D eigenvalue weighted by atomic mass is 10.0. The summed E-state index contributed by atoms with van der Waals surface area (Å²) in [5.41, 5.74) is 1.64. The number of hydrogen-bond donors (Lipinski definition) is 1. The van der Waals surface area contributed by atoms with Gasteiger partial charge in [0, 0.05) is 16.8 Å². The summed E-state index contributed by atoms with van der Waals surface area (Å²) in [7, 11) is 0. The molecule has 186 valence electrons. The Morgan fingerprint density at radius 1 is 0.838 bits per heavy atom. The fraction of sp³-hybridized carbons (Fsp3) is 0.103. The maximum absolute atomic E-state index is 13.7. The maximum atomic E-state index is 13.7. The van der Waals surface area contributed by atoms with Crippen molar-refractivity contribution in [3.63, 3.8) is 0 Å². The Bertz CT molecular complexity index is 1540. The fourth-order valence-corrected chi connectivity index (χ4v) is 4.67. The molecule has 0 spiro atoms. The molecule has 6 nitrogen and oxygen atoms in total. The second-order valence-corrected chi connectivity index (χ2v) is 9.36. The Balaban J connectivity index is 1.50. The lowest BCUT2D eigenvalue weighted by Gasteiger charge is -2.29. The molecule has 1 N–H and O–H groups in total. The highest BCUT2D eigenvalue weighted by molar-refractivity contribution is 6.36. The highest BCUT2D eigenvalue weighted by Crippen LogP contribution is 2.30. The van der Waals surface area contributed by atoms with E-state index in [1.807, 2.05) is 60.7 Å². The Kier molecular flexibility index (Phi) is 7.04. The standard InChI is InChI=1S/C29H21Cl2NO5/c30-20-10-12-22(23(31)16-20)28(33)32(24(29(34)35)14-18-6-2-1-3-7-18)17-21-11-13-26(36-21)27-15-19-8-4-5-9-25(19)37-27/h1-13,15-16,24H,14,17H2,(H,34,35)/t24-/m0/s1. The number of rotatable bonds is 8. The number of benzene rings is 3. The van der Waals surface area contributed by atoms with Gasteiger partial charge in [-0.05, 0) is 48.0 Å². The van der Waals surface area contributed by atoms with Crippen LogP contribution in [-0.4, -0.2) is 27.9 Å². The first-order chi connectivity index (χ1) is 17.9. The average molecular weight is 534 g/mol. The van der Waals surface area contributed by atoms with Gasteiger partial charge in [0.25, 0.3) is 5.91 Å². The van der Waals surface area contributed by atoms with E-state index in [0.29, 0.717) is 22.3 Å². The van der Waals surface area contributed by atoms with E-state index in [1.54, 1.807) is 18.2 Å². The number of carbonyl (C=O) groups is 2. The van der Waals surface area contributed by atoms with E-state index in [9.17, 15) is 14.7 Å². The molecule has 2 aromatic heterocycles. The van der Waals surface area contributed by atoms with E-state index in [-0.39, 0.29) is 23.6 Å². The predicted molar refractivity (Wildman–Crippen MR) is 142 cm³/mol. The van der Waals surface area contributed by atoms with E-state index in [2.05, 4.69) is 0 Å². The van der Waals surface area contributed by atoms with Crippen LogP contribution < -0.4 is 0 Å². The molecule has 0 bridgehead atoms. The summed E-state index contributed by atoms with van der Waals surface area (Å²) in [5.74, 6) is -0.297. The van der Waals surface area contributed by atoms with Crippen LogP contribution in [0.4, 0.5) is 0 Å². The summed E-state index contributed by atoms with van der Waals surface area (Å²) >= 11 is 12.3. The number of para-hydroxylation sites is 1. The number of furan rings is 2. The minimum Gasteiger partial charge on any atom is -0.480 e. The van der Waals surface area contributed by atoms with Crippen molar-refractivity contribution in [2.45, 2.75) is 19.0 Å². The zero-order chi connectivity index (χ0) is 25.9. The van der Waals surface area contributed by atoms with Gasteiger partial charge >= 0.3 is 5.97 Å². The van der Waals surface area contributed by atoms with E-state index in [4.69, 9.17) is 32.0 Å². The summed E-state index contributed by atoms with van der Waals surface area (Å²) in [6.07, 6.45) is 0.101. The molecule has 8 heteroatoms. The van der Waals surface area contributed by atoms with Crippen molar-refractivity contribution in [2.75, 3.05) is 0 Å². The summed E-state index contributed by atoms with van der Waals surface area (Å²) in [5, 5.41) is 11.6. The molecule has 0 radical (unpaired) electrons. The van der Waals surface area contributed by atoms with Crippen LogP contribution in [0.25, 0.3) is 22.5 Å². The second-order valence-electron chi connectivity index (χ2n) is 8.52. The van der Waals surface area contributed by atoms with Gasteiger partial charge in [0.15, 0.2) is 11.5 Å². The van der Waals surface area contributed by atoms with Crippen LogP contribution in [0.15, 0.2) is 99.8 Å². The molecule has 0 aliphatic carbocycles. The van der Waals surface area contributed by atoms with Crippen LogP contribution in [-0.2, 0) is 17.8 Å². The average Bonchev–Trinajstić information content (AvgIpc) is 3.53. The topological polar surface area (TPSA) is 83.9 Å². The van der Waals surface area contributed by atoms with E-state index < -0.39 is 17.9 Å². The van der Waals surface area contributed by atoms with Gasteiger partial charge < -0.3 is 18.8 Å².